The summed E-state index contributed by atoms with van der Waals surface area (Å²) < 4.78 is 0. The molecule has 1 saturated carbocycles. The fourth-order valence-corrected chi connectivity index (χ4v) is 1.64. The highest BCUT2D eigenvalue weighted by Gasteiger charge is 2.22. The molecule has 1 aliphatic rings. The number of carbonyl (C=O) groups excluding carboxylic acids is 1. The molecule has 7 nitrogen and oxygen atoms in total. The smallest absolute Gasteiger partial charge is 0.228 e. The van der Waals surface area contributed by atoms with Crippen LogP contribution in [0.25, 0.3) is 0 Å². The molecular formula is C11H17ClN6O. The van der Waals surface area contributed by atoms with E-state index in [0.717, 1.165) is 12.8 Å². The molecule has 1 fully saturated rings. The van der Waals surface area contributed by atoms with Crippen molar-refractivity contribution >= 4 is 29.4 Å². The van der Waals surface area contributed by atoms with Crippen LogP contribution in [-0.4, -0.2) is 40.0 Å². The third-order valence-corrected chi connectivity index (χ3v) is 2.69. The molecule has 1 heterocycles. The van der Waals surface area contributed by atoms with E-state index in [-0.39, 0.29) is 11.2 Å². The first-order valence-electron chi connectivity index (χ1n) is 6.36. The second kappa shape index (κ2) is 6.51. The lowest BCUT2D eigenvalue weighted by Gasteiger charge is -2.07. The summed E-state index contributed by atoms with van der Waals surface area (Å²) >= 11 is 5.78. The summed E-state index contributed by atoms with van der Waals surface area (Å²) in [4.78, 5) is 23.5. The lowest BCUT2D eigenvalue weighted by Crippen LogP contribution is -2.27. The Bertz CT molecular complexity index is 451. The maximum atomic E-state index is 11.5. The van der Waals surface area contributed by atoms with Gasteiger partial charge in [0.2, 0.25) is 23.1 Å². The first kappa shape index (κ1) is 13.8. The van der Waals surface area contributed by atoms with Gasteiger partial charge in [-0.15, -0.1) is 0 Å². The van der Waals surface area contributed by atoms with E-state index < -0.39 is 0 Å². The van der Waals surface area contributed by atoms with Gasteiger partial charge >= 0.3 is 0 Å². The summed E-state index contributed by atoms with van der Waals surface area (Å²) in [6.45, 7) is 3.10. The zero-order valence-electron chi connectivity index (χ0n) is 10.7. The summed E-state index contributed by atoms with van der Waals surface area (Å²) in [5.74, 6) is 0.838. The van der Waals surface area contributed by atoms with Crippen molar-refractivity contribution in [2.75, 3.05) is 23.7 Å². The molecule has 19 heavy (non-hydrogen) atoms. The van der Waals surface area contributed by atoms with Crippen molar-refractivity contribution < 1.29 is 4.79 Å². The number of hydrogen-bond donors (Lipinski definition) is 3. The van der Waals surface area contributed by atoms with E-state index in [0.29, 0.717) is 37.4 Å². The largest absolute Gasteiger partial charge is 0.354 e. The number of halogens is 1. The van der Waals surface area contributed by atoms with Crippen molar-refractivity contribution in [3.63, 3.8) is 0 Å². The predicted molar refractivity (Wildman–Crippen MR) is 73.3 cm³/mol. The van der Waals surface area contributed by atoms with E-state index in [1.807, 2.05) is 6.92 Å². The number of aromatic nitrogens is 3. The maximum absolute atomic E-state index is 11.5. The van der Waals surface area contributed by atoms with Crippen LogP contribution >= 0.6 is 11.6 Å². The SMILES string of the molecule is CCNc1nc(Cl)nc(NCCC(=O)NC2CC2)n1. The van der Waals surface area contributed by atoms with Crippen LogP contribution in [0.15, 0.2) is 0 Å². The Morgan fingerprint density at radius 2 is 1.95 bits per heavy atom. The molecule has 2 rings (SSSR count). The predicted octanol–water partition coefficient (Wildman–Crippen LogP) is 1.04. The van der Waals surface area contributed by atoms with E-state index >= 15 is 0 Å². The first-order chi connectivity index (χ1) is 9.17. The number of anilines is 2. The molecule has 0 aliphatic heterocycles. The fraction of sp³-hybridized carbons (Fsp3) is 0.636. The van der Waals surface area contributed by atoms with Gasteiger partial charge in [0, 0.05) is 25.6 Å². The van der Waals surface area contributed by atoms with Crippen LogP contribution in [-0.2, 0) is 4.79 Å². The number of amides is 1. The van der Waals surface area contributed by atoms with Crippen LogP contribution in [0.2, 0.25) is 5.28 Å². The summed E-state index contributed by atoms with van der Waals surface area (Å²) in [6.07, 6.45) is 2.57. The lowest BCUT2D eigenvalue weighted by molar-refractivity contribution is -0.120. The van der Waals surface area contributed by atoms with Crippen LogP contribution in [0.1, 0.15) is 26.2 Å². The quantitative estimate of drug-likeness (QED) is 0.693. The zero-order valence-corrected chi connectivity index (χ0v) is 11.5. The Kier molecular flexibility index (Phi) is 4.73. The number of nitrogens with one attached hydrogen (secondary N) is 3. The second-order valence-electron chi connectivity index (χ2n) is 4.30. The highest BCUT2D eigenvalue weighted by atomic mass is 35.5. The molecule has 0 atom stereocenters. The Hall–Kier alpha value is -1.63. The number of hydrogen-bond acceptors (Lipinski definition) is 6. The molecule has 0 spiro atoms. The third-order valence-electron chi connectivity index (χ3n) is 2.52. The molecule has 0 radical (unpaired) electrons. The fourth-order valence-electron chi connectivity index (χ4n) is 1.48. The normalized spacial score (nSPS) is 14.0. The molecule has 104 valence electrons. The highest BCUT2D eigenvalue weighted by Crippen LogP contribution is 2.18. The summed E-state index contributed by atoms with van der Waals surface area (Å²) in [5.41, 5.74) is 0. The second-order valence-corrected chi connectivity index (χ2v) is 4.64. The topological polar surface area (TPSA) is 91.8 Å². The van der Waals surface area contributed by atoms with Gasteiger partial charge in [0.25, 0.3) is 0 Å². The molecule has 0 bridgehead atoms. The van der Waals surface area contributed by atoms with E-state index in [9.17, 15) is 4.79 Å². The van der Waals surface area contributed by atoms with Gasteiger partial charge in [-0.25, -0.2) is 0 Å². The molecule has 0 saturated heterocycles. The van der Waals surface area contributed by atoms with Gasteiger partial charge in [0.05, 0.1) is 0 Å². The monoisotopic (exact) mass is 284 g/mol. The maximum Gasteiger partial charge on any atom is 0.228 e. The van der Waals surface area contributed by atoms with Crippen LogP contribution in [0.5, 0.6) is 0 Å². The standard InChI is InChI=1S/C11H17ClN6O/c1-2-13-10-16-9(12)17-11(18-10)14-6-5-8(19)15-7-3-4-7/h7H,2-6H2,1H3,(H,15,19)(H2,13,14,16,17,18). The Morgan fingerprint density at radius 3 is 2.58 bits per heavy atom. The van der Waals surface area contributed by atoms with Gasteiger partial charge in [-0.1, -0.05) is 0 Å². The lowest BCUT2D eigenvalue weighted by atomic mass is 10.4. The Labute approximate surface area is 116 Å². The van der Waals surface area contributed by atoms with Crippen LogP contribution in [0.3, 0.4) is 0 Å². The van der Waals surface area contributed by atoms with Gasteiger partial charge in [-0.3, -0.25) is 4.79 Å². The van der Waals surface area contributed by atoms with Gasteiger partial charge in [0.15, 0.2) is 0 Å². The molecule has 1 aliphatic carbocycles. The van der Waals surface area contributed by atoms with Crippen LogP contribution < -0.4 is 16.0 Å². The van der Waals surface area contributed by atoms with Crippen molar-refractivity contribution in [2.24, 2.45) is 0 Å². The molecule has 0 unspecified atom stereocenters. The molecule has 0 aromatic carbocycles. The van der Waals surface area contributed by atoms with Crippen molar-refractivity contribution in [1.29, 1.82) is 0 Å². The minimum Gasteiger partial charge on any atom is -0.354 e. The molecule has 1 amide bonds. The van der Waals surface area contributed by atoms with Gasteiger partial charge in [0.1, 0.15) is 0 Å². The van der Waals surface area contributed by atoms with E-state index in [4.69, 9.17) is 11.6 Å². The van der Waals surface area contributed by atoms with Crippen molar-refractivity contribution in [3.05, 3.63) is 5.28 Å². The van der Waals surface area contributed by atoms with Crippen LogP contribution in [0, 0.1) is 0 Å². The average molecular weight is 285 g/mol. The molecule has 1 aromatic rings. The molecule has 3 N–H and O–H groups in total. The van der Waals surface area contributed by atoms with Crippen molar-refractivity contribution in [2.45, 2.75) is 32.2 Å². The van der Waals surface area contributed by atoms with Gasteiger partial charge in [-0.2, -0.15) is 15.0 Å². The van der Waals surface area contributed by atoms with Crippen molar-refractivity contribution in [3.8, 4) is 0 Å². The van der Waals surface area contributed by atoms with Gasteiger partial charge in [-0.05, 0) is 31.4 Å². The molecule has 1 aromatic heterocycles. The van der Waals surface area contributed by atoms with E-state index in [1.165, 1.54) is 0 Å². The Morgan fingerprint density at radius 1 is 1.26 bits per heavy atom. The summed E-state index contributed by atoms with van der Waals surface area (Å²) in [5, 5.41) is 8.95. The molecule has 8 heteroatoms. The zero-order chi connectivity index (χ0) is 13.7. The first-order valence-corrected chi connectivity index (χ1v) is 6.74. The van der Waals surface area contributed by atoms with Crippen molar-refractivity contribution in [1.82, 2.24) is 20.3 Å². The Balaban J connectivity index is 1.79. The minimum atomic E-state index is 0.0436. The van der Waals surface area contributed by atoms with E-state index in [1.54, 1.807) is 0 Å². The third kappa shape index (κ3) is 4.86. The van der Waals surface area contributed by atoms with Crippen LogP contribution in [0.4, 0.5) is 11.9 Å². The number of rotatable bonds is 7. The summed E-state index contributed by atoms with van der Waals surface area (Å²) in [6, 6.07) is 0.388. The highest BCUT2D eigenvalue weighted by molar-refractivity contribution is 6.28. The average Bonchev–Trinajstić information content (AvgIpc) is 3.12. The van der Waals surface area contributed by atoms with Gasteiger partial charge < -0.3 is 16.0 Å². The summed E-state index contributed by atoms with van der Waals surface area (Å²) in [7, 11) is 0. The van der Waals surface area contributed by atoms with E-state index in [2.05, 4.69) is 30.9 Å². The minimum absolute atomic E-state index is 0.0436. The number of nitrogens with zero attached hydrogens (tertiary/aromatic N) is 3. The molecular weight excluding hydrogens is 268 g/mol. The number of carbonyl (C=O) groups is 1.